The van der Waals surface area contributed by atoms with Crippen LogP contribution in [-0.2, 0) is 17.7 Å². The number of nitrogens with one attached hydrogen (secondary N) is 1. The second kappa shape index (κ2) is 4.76. The summed E-state index contributed by atoms with van der Waals surface area (Å²) in [4.78, 5) is 0. The van der Waals surface area contributed by atoms with Crippen molar-refractivity contribution < 1.29 is 17.7 Å². The summed E-state index contributed by atoms with van der Waals surface area (Å²) < 4.78 is 10.9. The van der Waals surface area contributed by atoms with Crippen LogP contribution in [0, 0.1) is 0 Å². The zero-order valence-corrected chi connectivity index (χ0v) is 18.0. The first-order valence-electron chi connectivity index (χ1n) is 6.82. The number of benzene rings is 1. The van der Waals surface area contributed by atoms with Gasteiger partial charge in [0.25, 0.3) is 0 Å². The molecule has 4 heteroatoms. The Bertz CT molecular complexity index is 607. The van der Waals surface area contributed by atoms with Gasteiger partial charge in [-0.05, 0) is 0 Å². The molecule has 0 heterocycles. The number of allylic oxidation sites excluding steroid dienone is 1. The number of fused-ring (bicyclic) bond motifs is 1. The molecule has 1 unspecified atom stereocenters. The van der Waals surface area contributed by atoms with Crippen LogP contribution in [0.4, 0.5) is 0 Å². The molecule has 0 spiro atoms. The predicted octanol–water partition coefficient (Wildman–Crippen LogP) is 4.11. The summed E-state index contributed by atoms with van der Waals surface area (Å²) in [5, 5.41) is 0. The van der Waals surface area contributed by atoms with Crippen LogP contribution in [0.5, 0.6) is 0 Å². The molecule has 1 atom stereocenters. The zero-order valence-electron chi connectivity index (χ0n) is 12.5. The van der Waals surface area contributed by atoms with Crippen molar-refractivity contribution in [2.24, 2.45) is 0 Å². The molecule has 1 N–H and O–H groups in total. The summed E-state index contributed by atoms with van der Waals surface area (Å²) >= 11 is 0.752. The van der Waals surface area contributed by atoms with Crippen molar-refractivity contribution in [2.45, 2.75) is 39.2 Å². The Morgan fingerprint density at radius 2 is 1.79 bits per heavy atom. The van der Waals surface area contributed by atoms with Crippen LogP contribution in [0.1, 0.15) is 35.5 Å². The predicted molar refractivity (Wildman–Crippen MR) is 89.2 cm³/mol. The first-order chi connectivity index (χ1) is 8.48. The molecule has 2 rings (SSSR count). The van der Waals surface area contributed by atoms with E-state index < -0.39 is 17.7 Å². The Morgan fingerprint density at radius 1 is 1.21 bits per heavy atom. The second-order valence-corrected chi connectivity index (χ2v) is 37.4. The molecule has 0 radical (unpaired) electrons. The van der Waals surface area contributed by atoms with Crippen molar-refractivity contribution in [2.75, 3.05) is 0 Å². The molecule has 1 aromatic carbocycles. The molecule has 0 aromatic heterocycles. The minimum absolute atomic E-state index is 0.175. The minimum atomic E-state index is -2.99. The van der Waals surface area contributed by atoms with Crippen LogP contribution in [0.25, 0.3) is 4.48 Å². The number of rotatable bonds is 2. The summed E-state index contributed by atoms with van der Waals surface area (Å²) in [6.07, 6.45) is 2.43. The summed E-state index contributed by atoms with van der Waals surface area (Å²) in [6, 6.07) is 8.81. The van der Waals surface area contributed by atoms with Crippen molar-refractivity contribution in [3.63, 3.8) is 0 Å². The van der Waals surface area contributed by atoms with Gasteiger partial charge in [-0.25, -0.2) is 0 Å². The topological polar surface area (TPSA) is 12.0 Å². The van der Waals surface area contributed by atoms with E-state index in [4.69, 9.17) is 0 Å². The van der Waals surface area contributed by atoms with E-state index in [2.05, 4.69) is 86.4 Å². The normalized spacial score (nSPS) is 20.2. The van der Waals surface area contributed by atoms with Crippen molar-refractivity contribution in [1.82, 2.24) is 3.26 Å². The standard InChI is InChI=1S/C9H6Br.C4H10N.2CH3.H2Si.Zr/c10-9-6-5-7-3-1-2-4-8(7)9;1-4(2,3)5;;;;/h1-6H;5H,1-3H3;2*1H3;1H2;/q;-1;;;;+1. The van der Waals surface area contributed by atoms with Crippen LogP contribution >= 0.6 is 15.9 Å². The van der Waals surface area contributed by atoms with Gasteiger partial charge in [-0.15, -0.1) is 0 Å². The molecule has 1 aliphatic rings. The van der Waals surface area contributed by atoms with Crippen LogP contribution < -0.4 is 3.26 Å². The molecule has 0 aliphatic heterocycles. The Hall–Kier alpha value is 0.500. The third-order valence-corrected chi connectivity index (χ3v) is 17.9. The van der Waals surface area contributed by atoms with Crippen LogP contribution in [0.15, 0.2) is 30.3 Å². The van der Waals surface area contributed by atoms with Crippen LogP contribution in [0.2, 0.25) is 9.26 Å². The fourth-order valence-corrected chi connectivity index (χ4v) is 21.0. The van der Waals surface area contributed by atoms with E-state index in [9.17, 15) is 0 Å². The first kappa shape index (κ1) is 15.9. The van der Waals surface area contributed by atoms with E-state index in [1.54, 1.807) is 0 Å². The molecule has 0 amide bonds. The molecule has 0 bridgehead atoms. The van der Waals surface area contributed by atoms with Crippen molar-refractivity contribution in [3.8, 4) is 0 Å². The van der Waals surface area contributed by atoms with Gasteiger partial charge in [-0.2, -0.15) is 0 Å². The molecule has 1 aromatic rings. The molecule has 104 valence electrons. The number of hydrogen-bond donors (Lipinski definition) is 1. The fourth-order valence-electron chi connectivity index (χ4n) is 3.39. The van der Waals surface area contributed by atoms with Crippen LogP contribution in [-0.4, -0.2) is 12.4 Å². The Kier molecular flexibility index (Phi) is 3.98. The molecule has 1 nitrogen and oxygen atoms in total. The SMILES string of the molecule is CC(C)(C)[NH][Zr]([CH3])([CH3])(=[SiH2])[CH]1C=C(Br)c2ccccc21. The van der Waals surface area contributed by atoms with Gasteiger partial charge in [0.05, 0.1) is 0 Å². The molecule has 1 aliphatic carbocycles. The van der Waals surface area contributed by atoms with Gasteiger partial charge in [0, 0.05) is 0 Å². The van der Waals surface area contributed by atoms with Crippen LogP contribution in [0.3, 0.4) is 0 Å². The van der Waals surface area contributed by atoms with E-state index in [1.165, 1.54) is 15.6 Å². The average Bonchev–Trinajstić information content (AvgIpc) is 2.54. The van der Waals surface area contributed by atoms with Crippen molar-refractivity contribution >= 4 is 27.3 Å². The Balaban J connectivity index is 2.52. The summed E-state index contributed by atoms with van der Waals surface area (Å²) in [6.45, 7) is 9.10. The second-order valence-electron chi connectivity index (χ2n) is 7.76. The third kappa shape index (κ3) is 3.40. The zero-order chi connectivity index (χ0) is 14.5. The molecular weight excluding hydrogens is 393 g/mol. The molecular formula is C15H24BrNSiZr. The summed E-state index contributed by atoms with van der Waals surface area (Å²) in [5.74, 6) is 0. The average molecular weight is 418 g/mol. The quantitative estimate of drug-likeness (QED) is 0.714. The van der Waals surface area contributed by atoms with Gasteiger partial charge >= 0.3 is 129 Å². The van der Waals surface area contributed by atoms with E-state index in [0.717, 1.165) is 0 Å². The molecule has 0 fully saturated rings. The number of halogens is 1. The van der Waals surface area contributed by atoms with E-state index in [1.807, 2.05) is 0 Å². The van der Waals surface area contributed by atoms with Gasteiger partial charge in [0.15, 0.2) is 0 Å². The Labute approximate surface area is 128 Å². The van der Waals surface area contributed by atoms with Gasteiger partial charge < -0.3 is 0 Å². The first-order valence-corrected chi connectivity index (χ1v) is 21.1. The molecule has 0 saturated heterocycles. The van der Waals surface area contributed by atoms with Gasteiger partial charge in [0.1, 0.15) is 0 Å². The van der Waals surface area contributed by atoms with Gasteiger partial charge in [-0.3, -0.25) is 0 Å². The Morgan fingerprint density at radius 3 is 2.37 bits per heavy atom. The summed E-state index contributed by atoms with van der Waals surface area (Å²) in [5.41, 5.74) is 3.05. The van der Waals surface area contributed by atoms with E-state index in [-0.39, 0.29) is 5.54 Å². The van der Waals surface area contributed by atoms with Crippen molar-refractivity contribution in [1.29, 1.82) is 0 Å². The fraction of sp³-hybridized carbons (Fsp3) is 0.467. The number of hydrogen-bond acceptors (Lipinski definition) is 1. The molecule has 19 heavy (non-hydrogen) atoms. The van der Waals surface area contributed by atoms with Gasteiger partial charge in [0.2, 0.25) is 0 Å². The van der Waals surface area contributed by atoms with Crippen molar-refractivity contribution in [3.05, 3.63) is 41.5 Å². The van der Waals surface area contributed by atoms with Gasteiger partial charge in [-0.1, -0.05) is 0 Å². The van der Waals surface area contributed by atoms with E-state index in [0.29, 0.717) is 3.63 Å². The third-order valence-electron chi connectivity index (χ3n) is 3.65. The monoisotopic (exact) mass is 415 g/mol. The maximum atomic E-state index is 4.03. The summed E-state index contributed by atoms with van der Waals surface area (Å²) in [7, 11) is 0. The van der Waals surface area contributed by atoms with E-state index >= 15 is 0 Å². The maximum absolute atomic E-state index is 4.03. The molecule has 0 saturated carbocycles.